The van der Waals surface area contributed by atoms with Crippen molar-refractivity contribution in [2.24, 2.45) is 0 Å². The number of aromatic nitrogens is 6. The first-order chi connectivity index (χ1) is 44.9. The molecule has 65 heavy (non-hydrogen) atoms. The Morgan fingerprint density at radius 3 is 1.68 bits per heavy atom. The summed E-state index contributed by atoms with van der Waals surface area (Å²) >= 11 is 0. The summed E-state index contributed by atoms with van der Waals surface area (Å²) in [5, 5.41) is -5.59. The molecule has 0 N–H and O–H groups in total. The Kier molecular flexibility index (Phi) is 4.36. The Hall–Kier alpha value is -7.55. The van der Waals surface area contributed by atoms with Crippen molar-refractivity contribution in [3.8, 4) is 28.5 Å². The zero-order valence-electron chi connectivity index (χ0n) is 65.1. The van der Waals surface area contributed by atoms with Crippen molar-refractivity contribution < 1.29 is 42.5 Å². The van der Waals surface area contributed by atoms with Gasteiger partial charge in [0.15, 0.2) is 19.7 Å². The molecule has 2 unspecified atom stereocenters. The van der Waals surface area contributed by atoms with Crippen molar-refractivity contribution in [2.45, 2.75) is 50.5 Å². The van der Waals surface area contributed by atoms with Gasteiger partial charge in [0.1, 0.15) is 6.33 Å². The zero-order valence-corrected chi connectivity index (χ0v) is 35.1. The van der Waals surface area contributed by atoms with Gasteiger partial charge in [0.25, 0.3) is 0 Å². The molecule has 0 amide bonds. The fraction of sp³-hybridized carbons (Fsp3) is 0.140. The third-order valence-corrected chi connectivity index (χ3v) is 16.5. The Morgan fingerprint density at radius 2 is 1.06 bits per heavy atom. The van der Waals surface area contributed by atoms with Crippen LogP contribution in [0, 0.1) is 0 Å². The standard InChI is InChI=1S/C57H47N7Si/c1-56-34-16-17-35-57(56,2)64(51-38-58-39-59-52(51)56)55-61-53(40-20-18-22-42(36-40)63-49-32-14-12-30-47(49)48-31-13-15-33-50(48)63)60-54(62-55)41-21-19-29-46(37-41)65(43-23-6-3-7-24-43,44-25-8-4-9-26-44)45-27-10-5-11-28-45/h3-15,18-33,36-39H,16-17,34-35H2,1-2H3/i3D,4D,5D,6D,7D,8D,9D,10D,11D,12D,13D,14D,15D,18D,19D,20D,21D,22D,23D,24D,25D,26D,27D,28D,29D,30D,31D,32D,33D,36D,37D. The van der Waals surface area contributed by atoms with E-state index < -0.39 is 283 Å². The van der Waals surface area contributed by atoms with Crippen LogP contribution in [0.15, 0.2) is 200 Å². The van der Waals surface area contributed by atoms with Gasteiger partial charge in [-0.2, -0.15) is 9.97 Å². The Morgan fingerprint density at radius 1 is 0.538 bits per heavy atom. The van der Waals surface area contributed by atoms with E-state index in [0.717, 1.165) is 4.57 Å². The highest BCUT2D eigenvalue weighted by atomic mass is 28.3. The maximum atomic E-state index is 10.7. The highest BCUT2D eigenvalue weighted by Gasteiger charge is 2.59. The molecule has 12 rings (SSSR count). The van der Waals surface area contributed by atoms with E-state index in [9.17, 15) is 21.9 Å². The van der Waals surface area contributed by atoms with E-state index in [4.69, 9.17) is 40.5 Å². The molecule has 2 aliphatic rings. The lowest BCUT2D eigenvalue weighted by atomic mass is 9.63. The van der Waals surface area contributed by atoms with Crippen LogP contribution in [-0.4, -0.2) is 43.1 Å². The lowest BCUT2D eigenvalue weighted by molar-refractivity contribution is 0.190. The number of fused-ring (bicyclic) bond motifs is 6. The molecule has 1 fully saturated rings. The molecule has 314 valence electrons. The molecule has 7 aromatic carbocycles. The highest BCUT2D eigenvalue weighted by Crippen LogP contribution is 2.59. The van der Waals surface area contributed by atoms with Crippen LogP contribution in [0.2, 0.25) is 0 Å². The van der Waals surface area contributed by atoms with Crippen molar-refractivity contribution in [3.05, 3.63) is 206 Å². The van der Waals surface area contributed by atoms with E-state index in [2.05, 4.69) is 4.98 Å². The molecule has 1 aliphatic heterocycles. The fourth-order valence-electron chi connectivity index (χ4n) is 9.33. The molecular weight excluding hydrogens is 811 g/mol. The highest BCUT2D eigenvalue weighted by molar-refractivity contribution is 7.19. The lowest BCUT2D eigenvalue weighted by Gasteiger charge is -2.48. The minimum atomic E-state index is -6.48. The smallest absolute Gasteiger partial charge is 0.234 e. The first-order valence-electron chi connectivity index (χ1n) is 35.7. The summed E-state index contributed by atoms with van der Waals surface area (Å²) < 4.78 is 290. The third-order valence-electron chi connectivity index (χ3n) is 12.5. The molecule has 1 saturated carbocycles. The van der Waals surface area contributed by atoms with Crippen molar-refractivity contribution in [3.63, 3.8) is 0 Å². The molecule has 4 heterocycles. The molecule has 7 nitrogen and oxygen atoms in total. The van der Waals surface area contributed by atoms with Crippen molar-refractivity contribution >= 4 is 62.3 Å². The molecule has 2 atom stereocenters. The van der Waals surface area contributed by atoms with E-state index in [1.807, 2.05) is 13.8 Å². The van der Waals surface area contributed by atoms with Crippen LogP contribution >= 0.6 is 0 Å². The molecule has 8 heteroatoms. The summed E-state index contributed by atoms with van der Waals surface area (Å²) in [7, 11) is -6.48. The number of benzene rings is 7. The van der Waals surface area contributed by atoms with Crippen molar-refractivity contribution in [1.82, 2.24) is 29.5 Å². The number of hydrogen-bond donors (Lipinski definition) is 0. The Labute approximate surface area is 423 Å². The quantitative estimate of drug-likeness (QED) is 0.112. The first-order valence-corrected chi connectivity index (χ1v) is 22.2. The number of anilines is 2. The monoisotopic (exact) mass is 889 g/mol. The minimum Gasteiger partial charge on any atom is -0.309 e. The maximum absolute atomic E-state index is 10.7. The van der Waals surface area contributed by atoms with Gasteiger partial charge < -0.3 is 9.47 Å². The number of hydrogen-bond acceptors (Lipinski definition) is 6. The van der Waals surface area contributed by atoms with Gasteiger partial charge in [-0.1, -0.05) is 183 Å². The van der Waals surface area contributed by atoms with Crippen LogP contribution in [0.4, 0.5) is 11.6 Å². The van der Waals surface area contributed by atoms with E-state index in [1.165, 1.54) is 12.5 Å². The van der Waals surface area contributed by atoms with Gasteiger partial charge in [0, 0.05) is 33.0 Å². The minimum absolute atomic E-state index is 0.247. The first kappa shape index (κ1) is 18.5. The van der Waals surface area contributed by atoms with Crippen molar-refractivity contribution in [1.29, 1.82) is 0 Å². The number of para-hydroxylation sites is 2. The second-order valence-electron chi connectivity index (χ2n) is 15.7. The predicted molar refractivity (Wildman–Crippen MR) is 267 cm³/mol. The van der Waals surface area contributed by atoms with Crippen LogP contribution in [-0.2, 0) is 5.41 Å². The van der Waals surface area contributed by atoms with Gasteiger partial charge in [0.05, 0.1) is 76.6 Å². The summed E-state index contributed by atoms with van der Waals surface area (Å²) in [4.78, 5) is 25.1. The summed E-state index contributed by atoms with van der Waals surface area (Å²) in [5.41, 5.74) is -5.24. The largest absolute Gasteiger partial charge is 0.309 e. The van der Waals surface area contributed by atoms with Crippen LogP contribution in [0.3, 0.4) is 0 Å². The molecular formula is C57H47N7Si. The van der Waals surface area contributed by atoms with Gasteiger partial charge in [0.2, 0.25) is 5.95 Å². The van der Waals surface area contributed by atoms with E-state index in [1.54, 1.807) is 4.90 Å². The van der Waals surface area contributed by atoms with Crippen molar-refractivity contribution in [2.75, 3.05) is 4.90 Å². The van der Waals surface area contributed by atoms with Crippen LogP contribution < -0.4 is 25.6 Å². The fourth-order valence-corrected chi connectivity index (χ4v) is 12.9. The topological polar surface area (TPSA) is 72.6 Å². The maximum Gasteiger partial charge on any atom is 0.234 e. The Balaban J connectivity index is 1.32. The summed E-state index contributed by atoms with van der Waals surface area (Å²) in [6.45, 7) is 3.76. The molecule has 1 aliphatic carbocycles. The summed E-state index contributed by atoms with van der Waals surface area (Å²) in [5.74, 6) is -2.30. The van der Waals surface area contributed by atoms with Gasteiger partial charge in [-0.25, -0.2) is 15.0 Å². The lowest BCUT2D eigenvalue weighted by Crippen LogP contribution is -2.74. The van der Waals surface area contributed by atoms with E-state index in [0.29, 0.717) is 31.4 Å². The molecule has 0 spiro atoms. The van der Waals surface area contributed by atoms with Crippen LogP contribution in [0.5, 0.6) is 0 Å². The van der Waals surface area contributed by atoms with E-state index in [-0.39, 0.29) is 5.69 Å². The number of rotatable bonds is 8. The average Bonchev–Trinajstić information content (AvgIpc) is 0.875. The second kappa shape index (κ2) is 15.3. The normalized spacial score (nSPS) is 24.8. The van der Waals surface area contributed by atoms with Gasteiger partial charge in [-0.3, -0.25) is 0 Å². The molecule has 3 aromatic heterocycles. The predicted octanol–water partition coefficient (Wildman–Crippen LogP) is 10.2. The van der Waals surface area contributed by atoms with Crippen LogP contribution in [0.25, 0.3) is 50.3 Å². The molecule has 0 bridgehead atoms. The summed E-state index contributed by atoms with van der Waals surface area (Å²) in [6, 6.07) is -34.1. The van der Waals surface area contributed by atoms with Gasteiger partial charge >= 0.3 is 0 Å². The summed E-state index contributed by atoms with van der Waals surface area (Å²) in [6.07, 6.45) is 4.80. The molecule has 0 radical (unpaired) electrons. The molecule has 0 saturated heterocycles. The van der Waals surface area contributed by atoms with Gasteiger partial charge in [-0.15, -0.1) is 0 Å². The van der Waals surface area contributed by atoms with Crippen LogP contribution in [0.1, 0.15) is 87.7 Å². The molecule has 10 aromatic rings. The Bertz CT molecular complexity index is 4910. The zero-order chi connectivity index (χ0) is 70.6. The average molecular weight is 889 g/mol. The SMILES string of the molecule is [2H]c1c([2H])c([2H])c([Si](c2c([2H])c([2H])c([2H])c([2H])c2[2H])(c2c([2H])c([2H])c([2H])c([2H])c2[2H])c2c([2H])c([2H])c([2H])c(-c3nc(-c4c([2H])c([2H])c([2H])c(-n5c6c([2H])c([2H])c([2H])c([2H])c6c6c([2H])c([2H])c([2H])c([2H])c65)c4[2H])nc(N4c5cncnc5C5(C)CCCCC45C)n3)c2[2H])c([2H])c1[2H]. The van der Waals surface area contributed by atoms with Gasteiger partial charge in [-0.05, 0) is 64.7 Å². The third kappa shape index (κ3) is 5.97. The van der Waals surface area contributed by atoms with E-state index >= 15 is 0 Å². The number of nitrogens with zero attached hydrogens (tertiary/aromatic N) is 7. The second-order valence-corrected chi connectivity index (χ2v) is 19.2.